The molecule has 1 aliphatic heterocycles. The maximum atomic E-state index is 12.7. The highest BCUT2D eigenvalue weighted by molar-refractivity contribution is 7.89. The summed E-state index contributed by atoms with van der Waals surface area (Å²) in [6, 6.07) is 0. The maximum absolute atomic E-state index is 12.7. The number of nitrogens with zero attached hydrogens (tertiary/aromatic N) is 3. The third-order valence-corrected chi connectivity index (χ3v) is 5.98. The van der Waals surface area contributed by atoms with Crippen molar-refractivity contribution in [2.45, 2.75) is 17.7 Å². The van der Waals surface area contributed by atoms with Crippen LogP contribution in [0.2, 0.25) is 0 Å². The highest BCUT2D eigenvalue weighted by Gasteiger charge is 2.32. The summed E-state index contributed by atoms with van der Waals surface area (Å²) < 4.78 is 28.6. The molecule has 0 atom stereocenters. The summed E-state index contributed by atoms with van der Waals surface area (Å²) in [6.07, 6.45) is 2.62. The minimum atomic E-state index is -3.87. The summed E-state index contributed by atoms with van der Waals surface area (Å²) in [7, 11) is 0.710. The van der Waals surface area contributed by atoms with Crippen LogP contribution in [-0.4, -0.2) is 48.5 Å². The maximum Gasteiger partial charge on any atom is 0.330 e. The van der Waals surface area contributed by atoms with E-state index in [2.05, 4.69) is 5.32 Å². The Morgan fingerprint density at radius 2 is 1.78 bits per heavy atom. The fraction of sp³-hybridized carbons (Fsp3) is 0.692. The molecule has 8 nitrogen and oxygen atoms in total. The van der Waals surface area contributed by atoms with Gasteiger partial charge in [-0.05, 0) is 32.4 Å². The lowest BCUT2D eigenvalue weighted by molar-refractivity contribution is 0.270. The number of aryl methyl sites for hydroxylation is 1. The van der Waals surface area contributed by atoms with Gasteiger partial charge in [0.15, 0.2) is 4.90 Å². The Morgan fingerprint density at radius 3 is 2.30 bits per heavy atom. The molecule has 1 aliphatic rings. The number of aromatic nitrogens is 2. The van der Waals surface area contributed by atoms with Crippen molar-refractivity contribution in [3.8, 4) is 0 Å². The second-order valence-corrected chi connectivity index (χ2v) is 7.56. The summed E-state index contributed by atoms with van der Waals surface area (Å²) in [6.45, 7) is 1.64. The number of hydrogen-bond acceptors (Lipinski definition) is 5. The van der Waals surface area contributed by atoms with E-state index in [-0.39, 0.29) is 17.3 Å². The van der Waals surface area contributed by atoms with Gasteiger partial charge in [0.2, 0.25) is 10.0 Å². The number of hydrogen-bond donors (Lipinski definition) is 1. The van der Waals surface area contributed by atoms with Gasteiger partial charge in [-0.15, -0.1) is 12.4 Å². The molecule has 0 saturated carbocycles. The van der Waals surface area contributed by atoms with Gasteiger partial charge in [0.05, 0.1) is 0 Å². The van der Waals surface area contributed by atoms with Gasteiger partial charge < -0.3 is 9.88 Å². The highest BCUT2D eigenvalue weighted by Crippen LogP contribution is 2.21. The first-order valence-electron chi connectivity index (χ1n) is 7.20. The smallest absolute Gasteiger partial charge is 0.319 e. The van der Waals surface area contributed by atoms with Crippen LogP contribution in [0.5, 0.6) is 0 Å². The van der Waals surface area contributed by atoms with Gasteiger partial charge in [-0.2, -0.15) is 4.31 Å². The average Bonchev–Trinajstić information content (AvgIpc) is 2.49. The van der Waals surface area contributed by atoms with Crippen LogP contribution in [0.3, 0.4) is 0 Å². The molecule has 2 rings (SSSR count). The van der Waals surface area contributed by atoms with Gasteiger partial charge in [-0.1, -0.05) is 0 Å². The highest BCUT2D eigenvalue weighted by atomic mass is 35.5. The molecular weight excluding hydrogens is 344 g/mol. The molecule has 132 valence electrons. The van der Waals surface area contributed by atoms with Crippen molar-refractivity contribution in [2.75, 3.05) is 26.7 Å². The molecule has 0 aliphatic carbocycles. The summed E-state index contributed by atoms with van der Waals surface area (Å²) >= 11 is 0. The minimum Gasteiger partial charge on any atom is -0.319 e. The molecule has 23 heavy (non-hydrogen) atoms. The third kappa shape index (κ3) is 3.85. The second-order valence-electron chi connectivity index (χ2n) is 5.66. The predicted octanol–water partition coefficient (Wildman–Crippen LogP) is -0.874. The van der Waals surface area contributed by atoms with Crippen LogP contribution < -0.4 is 16.6 Å². The summed E-state index contributed by atoms with van der Waals surface area (Å²) in [5.74, 6) is 0.444. The largest absolute Gasteiger partial charge is 0.330 e. The molecule has 1 fully saturated rings. The summed E-state index contributed by atoms with van der Waals surface area (Å²) in [4.78, 5) is 23.5. The number of sulfonamides is 1. The number of rotatable bonds is 4. The van der Waals surface area contributed by atoms with Crippen molar-refractivity contribution >= 4 is 22.4 Å². The third-order valence-electron chi connectivity index (χ3n) is 4.10. The molecule has 0 amide bonds. The average molecular weight is 367 g/mol. The summed E-state index contributed by atoms with van der Waals surface area (Å²) in [5, 5.41) is 3.09. The van der Waals surface area contributed by atoms with Crippen LogP contribution in [0.1, 0.15) is 12.8 Å². The number of halogens is 1. The zero-order valence-electron chi connectivity index (χ0n) is 13.5. The van der Waals surface area contributed by atoms with Gasteiger partial charge >= 0.3 is 5.69 Å². The van der Waals surface area contributed by atoms with Crippen LogP contribution in [0.15, 0.2) is 20.7 Å². The van der Waals surface area contributed by atoms with E-state index in [4.69, 9.17) is 0 Å². The van der Waals surface area contributed by atoms with E-state index >= 15 is 0 Å². The standard InChI is InChI=1S/C13H22N4O4S.ClH/c1-14-8-10-4-6-17(7-5-10)22(20,21)11-9-15(2)13(19)16(3)12(11)18;/h9-10,14H,4-8H2,1-3H3;1H. The Kier molecular flexibility index (Phi) is 6.58. The SMILES string of the molecule is CNCC1CCN(S(=O)(=O)c2cn(C)c(=O)n(C)c2=O)CC1.Cl. The zero-order chi connectivity index (χ0) is 16.5. The molecule has 0 radical (unpaired) electrons. The normalized spacial score (nSPS) is 17.0. The molecule has 2 heterocycles. The molecule has 0 spiro atoms. The van der Waals surface area contributed by atoms with Crippen molar-refractivity contribution < 1.29 is 8.42 Å². The Balaban J connectivity index is 0.00000264. The lowest BCUT2D eigenvalue weighted by Gasteiger charge is -2.30. The van der Waals surface area contributed by atoms with E-state index in [1.165, 1.54) is 18.4 Å². The number of nitrogens with one attached hydrogen (secondary N) is 1. The Morgan fingerprint density at radius 1 is 1.22 bits per heavy atom. The first kappa shape index (κ1) is 19.9. The first-order valence-corrected chi connectivity index (χ1v) is 8.64. The zero-order valence-corrected chi connectivity index (χ0v) is 15.1. The number of piperidine rings is 1. The van der Waals surface area contributed by atoms with Gasteiger partial charge in [-0.3, -0.25) is 9.36 Å². The predicted molar refractivity (Wildman–Crippen MR) is 89.6 cm³/mol. The van der Waals surface area contributed by atoms with E-state index in [1.807, 2.05) is 7.05 Å². The van der Waals surface area contributed by atoms with Gasteiger partial charge in [0.25, 0.3) is 5.56 Å². The van der Waals surface area contributed by atoms with Crippen molar-refractivity contribution in [1.82, 2.24) is 18.8 Å². The molecule has 0 bridgehead atoms. The minimum absolute atomic E-state index is 0. The topological polar surface area (TPSA) is 93.4 Å². The van der Waals surface area contributed by atoms with Crippen molar-refractivity contribution in [3.63, 3.8) is 0 Å². The van der Waals surface area contributed by atoms with E-state index in [1.54, 1.807) is 0 Å². The Hall–Kier alpha value is -1.16. The van der Waals surface area contributed by atoms with Crippen LogP contribution >= 0.6 is 12.4 Å². The van der Waals surface area contributed by atoms with Gasteiger partial charge in [0.1, 0.15) is 0 Å². The molecule has 1 aromatic rings. The first-order chi connectivity index (χ1) is 10.3. The van der Waals surface area contributed by atoms with Crippen molar-refractivity contribution in [3.05, 3.63) is 27.0 Å². The quantitative estimate of drug-likeness (QED) is 0.747. The molecular formula is C13H23ClN4O4S. The molecule has 1 N–H and O–H groups in total. The molecule has 0 unspecified atom stereocenters. The van der Waals surface area contributed by atoms with Crippen LogP contribution in [-0.2, 0) is 24.1 Å². The van der Waals surface area contributed by atoms with Gasteiger partial charge in [0, 0.05) is 33.4 Å². The van der Waals surface area contributed by atoms with Crippen molar-refractivity contribution in [2.24, 2.45) is 20.0 Å². The van der Waals surface area contributed by atoms with E-state index in [9.17, 15) is 18.0 Å². The van der Waals surface area contributed by atoms with E-state index in [0.717, 1.165) is 34.7 Å². The molecule has 0 aromatic carbocycles. The fourth-order valence-electron chi connectivity index (χ4n) is 2.73. The van der Waals surface area contributed by atoms with Crippen LogP contribution in [0, 0.1) is 5.92 Å². The Labute approximate surface area is 141 Å². The lowest BCUT2D eigenvalue weighted by atomic mass is 9.98. The van der Waals surface area contributed by atoms with Gasteiger partial charge in [-0.25, -0.2) is 13.2 Å². The van der Waals surface area contributed by atoms with Crippen LogP contribution in [0.4, 0.5) is 0 Å². The second kappa shape index (κ2) is 7.61. The Bertz CT molecular complexity index is 763. The van der Waals surface area contributed by atoms with Crippen LogP contribution in [0.25, 0.3) is 0 Å². The summed E-state index contributed by atoms with van der Waals surface area (Å²) in [5.41, 5.74) is -1.32. The van der Waals surface area contributed by atoms with E-state index < -0.39 is 21.3 Å². The fourth-order valence-corrected chi connectivity index (χ4v) is 4.35. The van der Waals surface area contributed by atoms with E-state index in [0.29, 0.717) is 19.0 Å². The molecule has 10 heteroatoms. The monoisotopic (exact) mass is 366 g/mol. The van der Waals surface area contributed by atoms with Crippen molar-refractivity contribution in [1.29, 1.82) is 0 Å². The lowest BCUT2D eigenvalue weighted by Crippen LogP contribution is -2.45. The molecule has 1 aromatic heterocycles. The molecule has 1 saturated heterocycles.